The number of carbonyl (C=O) groups excluding carboxylic acids is 1. The topological polar surface area (TPSA) is 41.6 Å². The predicted octanol–water partition coefficient (Wildman–Crippen LogP) is 4.00. The molecule has 1 fully saturated rings. The Labute approximate surface area is 162 Å². The van der Waals surface area contributed by atoms with E-state index in [1.54, 1.807) is 7.11 Å². The Morgan fingerprint density at radius 3 is 2.26 bits per heavy atom. The average Bonchev–Trinajstić information content (AvgIpc) is 2.73. The number of methoxy groups -OCH3 is 1. The Kier molecular flexibility index (Phi) is 7.28. The van der Waals surface area contributed by atoms with E-state index in [0.29, 0.717) is 25.4 Å². The molecule has 0 aliphatic carbocycles. The summed E-state index contributed by atoms with van der Waals surface area (Å²) < 4.78 is 5.24. The minimum absolute atomic E-state index is 0.244. The molecule has 0 aromatic heterocycles. The van der Waals surface area contributed by atoms with Gasteiger partial charge in [-0.3, -0.25) is 4.79 Å². The number of amides is 1. The minimum atomic E-state index is 0.244. The van der Waals surface area contributed by atoms with E-state index in [1.165, 1.54) is 18.4 Å². The summed E-state index contributed by atoms with van der Waals surface area (Å²) in [6, 6.07) is 18.2. The molecule has 1 aliphatic rings. The van der Waals surface area contributed by atoms with Gasteiger partial charge in [-0.1, -0.05) is 42.5 Å². The smallest absolute Gasteiger partial charge is 0.223 e. The fourth-order valence-corrected chi connectivity index (χ4v) is 3.64. The predicted molar refractivity (Wildman–Crippen MR) is 109 cm³/mol. The quantitative estimate of drug-likeness (QED) is 0.768. The van der Waals surface area contributed by atoms with Crippen LogP contribution in [0.1, 0.15) is 36.8 Å². The van der Waals surface area contributed by atoms with E-state index in [2.05, 4.69) is 17.4 Å². The monoisotopic (exact) mass is 366 g/mol. The van der Waals surface area contributed by atoms with Gasteiger partial charge in [0.05, 0.1) is 7.11 Å². The lowest BCUT2D eigenvalue weighted by Crippen LogP contribution is -2.32. The van der Waals surface area contributed by atoms with Gasteiger partial charge in [0, 0.05) is 19.5 Å². The van der Waals surface area contributed by atoms with E-state index in [9.17, 15) is 4.79 Å². The third kappa shape index (κ3) is 6.10. The summed E-state index contributed by atoms with van der Waals surface area (Å²) in [5, 5.41) is 3.39. The van der Waals surface area contributed by atoms with Gasteiger partial charge in [-0.05, 0) is 61.5 Å². The summed E-state index contributed by atoms with van der Waals surface area (Å²) in [6.45, 7) is 3.44. The third-order valence-electron chi connectivity index (χ3n) is 5.33. The van der Waals surface area contributed by atoms with E-state index in [-0.39, 0.29) is 5.91 Å². The standard InChI is InChI=1S/C23H30N2O2/c1-27-22-10-7-21(8-11-22)18-25(17-20-5-3-2-4-6-20)23(26)12-9-19-13-15-24-16-14-19/h2-8,10-11,19,24H,9,12-18H2,1H3. The van der Waals surface area contributed by atoms with Crippen LogP contribution in [0.2, 0.25) is 0 Å². The summed E-state index contributed by atoms with van der Waals surface area (Å²) in [6.07, 6.45) is 4.00. The first-order valence-electron chi connectivity index (χ1n) is 9.90. The highest BCUT2D eigenvalue weighted by Gasteiger charge is 2.19. The Bertz CT molecular complexity index is 694. The molecule has 0 saturated carbocycles. The highest BCUT2D eigenvalue weighted by Crippen LogP contribution is 2.20. The first-order chi connectivity index (χ1) is 13.2. The van der Waals surface area contributed by atoms with Crippen molar-refractivity contribution in [3.05, 3.63) is 65.7 Å². The van der Waals surface area contributed by atoms with Gasteiger partial charge in [0.2, 0.25) is 5.91 Å². The molecule has 1 saturated heterocycles. The first-order valence-corrected chi connectivity index (χ1v) is 9.90. The van der Waals surface area contributed by atoms with Crippen LogP contribution in [-0.2, 0) is 17.9 Å². The zero-order chi connectivity index (χ0) is 18.9. The van der Waals surface area contributed by atoms with E-state index in [0.717, 1.165) is 30.8 Å². The van der Waals surface area contributed by atoms with Crippen molar-refractivity contribution in [2.24, 2.45) is 5.92 Å². The largest absolute Gasteiger partial charge is 0.497 e. The van der Waals surface area contributed by atoms with Crippen LogP contribution >= 0.6 is 0 Å². The number of carbonyl (C=O) groups is 1. The molecule has 4 nitrogen and oxygen atoms in total. The Morgan fingerprint density at radius 2 is 1.63 bits per heavy atom. The summed E-state index contributed by atoms with van der Waals surface area (Å²) in [5.74, 6) is 1.76. The number of hydrogen-bond acceptors (Lipinski definition) is 3. The number of nitrogens with zero attached hydrogens (tertiary/aromatic N) is 1. The van der Waals surface area contributed by atoms with Crippen molar-refractivity contribution in [2.45, 2.75) is 38.8 Å². The summed E-state index contributed by atoms with van der Waals surface area (Å²) in [7, 11) is 1.67. The van der Waals surface area contributed by atoms with Crippen LogP contribution in [0.4, 0.5) is 0 Å². The zero-order valence-corrected chi connectivity index (χ0v) is 16.2. The van der Waals surface area contributed by atoms with Gasteiger partial charge >= 0.3 is 0 Å². The van der Waals surface area contributed by atoms with Crippen molar-refractivity contribution in [1.29, 1.82) is 0 Å². The van der Waals surface area contributed by atoms with Crippen LogP contribution in [0.5, 0.6) is 5.75 Å². The first kappa shape index (κ1) is 19.4. The van der Waals surface area contributed by atoms with Crippen LogP contribution in [0.25, 0.3) is 0 Å². The molecule has 1 aliphatic heterocycles. The Morgan fingerprint density at radius 1 is 1.00 bits per heavy atom. The highest BCUT2D eigenvalue weighted by atomic mass is 16.5. The Balaban J connectivity index is 1.64. The van der Waals surface area contributed by atoms with Gasteiger partial charge in [-0.25, -0.2) is 0 Å². The van der Waals surface area contributed by atoms with Crippen molar-refractivity contribution in [2.75, 3.05) is 20.2 Å². The van der Waals surface area contributed by atoms with Crippen LogP contribution in [0, 0.1) is 5.92 Å². The molecule has 1 amide bonds. The van der Waals surface area contributed by atoms with Gasteiger partial charge in [-0.2, -0.15) is 0 Å². The van der Waals surface area contributed by atoms with E-state index in [1.807, 2.05) is 47.4 Å². The second-order valence-electron chi connectivity index (χ2n) is 7.32. The number of ether oxygens (including phenoxy) is 1. The zero-order valence-electron chi connectivity index (χ0n) is 16.2. The molecule has 0 radical (unpaired) electrons. The van der Waals surface area contributed by atoms with Crippen LogP contribution < -0.4 is 10.1 Å². The molecule has 0 atom stereocenters. The molecular weight excluding hydrogens is 336 g/mol. The third-order valence-corrected chi connectivity index (χ3v) is 5.33. The number of nitrogens with one attached hydrogen (secondary N) is 1. The molecule has 1 N–H and O–H groups in total. The maximum atomic E-state index is 13.0. The van der Waals surface area contributed by atoms with Crippen LogP contribution in [0.3, 0.4) is 0 Å². The average molecular weight is 367 g/mol. The molecule has 4 heteroatoms. The molecule has 2 aromatic carbocycles. The molecule has 0 spiro atoms. The molecular formula is C23H30N2O2. The molecule has 3 rings (SSSR count). The lowest BCUT2D eigenvalue weighted by molar-refractivity contribution is -0.132. The highest BCUT2D eigenvalue weighted by molar-refractivity contribution is 5.76. The molecule has 144 valence electrons. The van der Waals surface area contributed by atoms with Gasteiger partial charge in [0.15, 0.2) is 0 Å². The van der Waals surface area contributed by atoms with E-state index in [4.69, 9.17) is 4.74 Å². The number of piperidine rings is 1. The van der Waals surface area contributed by atoms with Crippen molar-refractivity contribution in [3.8, 4) is 5.75 Å². The maximum absolute atomic E-state index is 13.0. The van der Waals surface area contributed by atoms with E-state index < -0.39 is 0 Å². The molecule has 27 heavy (non-hydrogen) atoms. The Hall–Kier alpha value is -2.33. The number of rotatable bonds is 8. The fourth-order valence-electron chi connectivity index (χ4n) is 3.64. The molecule has 1 heterocycles. The van der Waals surface area contributed by atoms with Crippen molar-refractivity contribution in [1.82, 2.24) is 10.2 Å². The van der Waals surface area contributed by atoms with Crippen LogP contribution in [-0.4, -0.2) is 31.0 Å². The summed E-state index contributed by atoms with van der Waals surface area (Å²) in [4.78, 5) is 15.0. The SMILES string of the molecule is COc1ccc(CN(Cc2ccccc2)C(=O)CCC2CCNCC2)cc1. The van der Waals surface area contributed by atoms with Crippen molar-refractivity contribution < 1.29 is 9.53 Å². The van der Waals surface area contributed by atoms with E-state index >= 15 is 0 Å². The van der Waals surface area contributed by atoms with Crippen molar-refractivity contribution >= 4 is 5.91 Å². The van der Waals surface area contributed by atoms with Crippen LogP contribution in [0.15, 0.2) is 54.6 Å². The summed E-state index contributed by atoms with van der Waals surface area (Å²) >= 11 is 0. The second kappa shape index (κ2) is 10.1. The molecule has 0 bridgehead atoms. The minimum Gasteiger partial charge on any atom is -0.497 e. The van der Waals surface area contributed by atoms with Crippen molar-refractivity contribution in [3.63, 3.8) is 0 Å². The van der Waals surface area contributed by atoms with Gasteiger partial charge < -0.3 is 15.0 Å². The maximum Gasteiger partial charge on any atom is 0.223 e. The number of benzene rings is 2. The van der Waals surface area contributed by atoms with Gasteiger partial charge in [0.25, 0.3) is 0 Å². The fraction of sp³-hybridized carbons (Fsp3) is 0.435. The van der Waals surface area contributed by atoms with Gasteiger partial charge in [-0.15, -0.1) is 0 Å². The number of hydrogen-bond donors (Lipinski definition) is 1. The lowest BCUT2D eigenvalue weighted by Gasteiger charge is -2.26. The summed E-state index contributed by atoms with van der Waals surface area (Å²) in [5.41, 5.74) is 2.29. The molecule has 0 unspecified atom stereocenters. The second-order valence-corrected chi connectivity index (χ2v) is 7.32. The lowest BCUT2D eigenvalue weighted by atomic mass is 9.93. The van der Waals surface area contributed by atoms with Gasteiger partial charge in [0.1, 0.15) is 5.75 Å². The normalized spacial score (nSPS) is 14.7. The molecule has 2 aromatic rings.